The standard InChI is InChI=1S/C17H21N3O2S/c1-21-11-3-4-13(22-2)12(9-11)15-16-14(18-17(23)19-15)10-5-7-20(16)8-6-10/h3-4,9-10,15H,5-8H2,1-2H3,(H2,18,19,23). The monoisotopic (exact) mass is 331 g/mol. The van der Waals surface area contributed by atoms with E-state index in [-0.39, 0.29) is 6.04 Å². The molecule has 0 radical (unpaired) electrons. The van der Waals surface area contributed by atoms with Crippen molar-refractivity contribution in [1.82, 2.24) is 15.5 Å². The molecule has 1 aromatic carbocycles. The molecule has 4 heterocycles. The van der Waals surface area contributed by atoms with E-state index in [1.165, 1.54) is 24.2 Å². The summed E-state index contributed by atoms with van der Waals surface area (Å²) in [7, 11) is 3.39. The maximum atomic E-state index is 5.59. The number of methoxy groups -OCH3 is 2. The number of hydrogen-bond acceptors (Lipinski definition) is 4. The van der Waals surface area contributed by atoms with Gasteiger partial charge in [0.05, 0.1) is 26.0 Å². The highest BCUT2D eigenvalue weighted by molar-refractivity contribution is 7.80. The number of allylic oxidation sites excluding steroid dienone is 1. The minimum absolute atomic E-state index is 0.00639. The van der Waals surface area contributed by atoms with Crippen LogP contribution in [0, 0.1) is 5.92 Å². The van der Waals surface area contributed by atoms with Crippen molar-refractivity contribution in [2.75, 3.05) is 27.3 Å². The maximum Gasteiger partial charge on any atom is 0.171 e. The molecule has 0 amide bonds. The molecule has 6 heteroatoms. The largest absolute Gasteiger partial charge is 0.497 e. The lowest BCUT2D eigenvalue weighted by molar-refractivity contribution is 0.181. The van der Waals surface area contributed by atoms with Crippen molar-refractivity contribution in [3.63, 3.8) is 0 Å². The molecule has 23 heavy (non-hydrogen) atoms. The van der Waals surface area contributed by atoms with Crippen LogP contribution in [0.1, 0.15) is 24.4 Å². The second kappa shape index (κ2) is 5.60. The second-order valence-corrected chi connectivity index (χ2v) is 6.61. The van der Waals surface area contributed by atoms with Gasteiger partial charge in [-0.2, -0.15) is 0 Å². The summed E-state index contributed by atoms with van der Waals surface area (Å²) >= 11 is 5.46. The van der Waals surface area contributed by atoms with E-state index in [1.807, 2.05) is 18.2 Å². The number of thiocarbonyl (C=S) groups is 1. The molecule has 1 atom stereocenters. The van der Waals surface area contributed by atoms with Crippen molar-refractivity contribution in [3.05, 3.63) is 35.2 Å². The SMILES string of the molecule is COc1ccc(OC)c(C2NC(=S)NC3=C2N2CCC3CC2)c1. The highest BCUT2D eigenvalue weighted by atomic mass is 32.1. The van der Waals surface area contributed by atoms with Gasteiger partial charge in [0, 0.05) is 30.3 Å². The number of hydrogen-bond donors (Lipinski definition) is 2. The molecule has 1 saturated heterocycles. The zero-order valence-corrected chi connectivity index (χ0v) is 14.2. The van der Waals surface area contributed by atoms with Gasteiger partial charge >= 0.3 is 0 Å². The molecule has 5 rings (SSSR count). The predicted octanol–water partition coefficient (Wildman–Crippen LogP) is 2.16. The third-order valence-corrected chi connectivity index (χ3v) is 5.28. The van der Waals surface area contributed by atoms with Gasteiger partial charge in [0.2, 0.25) is 0 Å². The number of rotatable bonds is 3. The lowest BCUT2D eigenvalue weighted by atomic mass is 9.82. The molecule has 2 bridgehead atoms. The summed E-state index contributed by atoms with van der Waals surface area (Å²) in [6, 6.07) is 5.92. The normalized spacial score (nSPS) is 23.3. The lowest BCUT2D eigenvalue weighted by Crippen LogP contribution is -2.55. The van der Waals surface area contributed by atoms with Crippen molar-refractivity contribution in [3.8, 4) is 11.5 Å². The van der Waals surface area contributed by atoms with Crippen LogP contribution in [0.2, 0.25) is 0 Å². The molecule has 1 aromatic rings. The van der Waals surface area contributed by atoms with Crippen molar-refractivity contribution < 1.29 is 9.47 Å². The van der Waals surface area contributed by atoms with Gasteiger partial charge in [0.1, 0.15) is 11.5 Å². The van der Waals surface area contributed by atoms with Gasteiger partial charge in [-0.25, -0.2) is 0 Å². The van der Waals surface area contributed by atoms with Gasteiger partial charge in [0.15, 0.2) is 5.11 Å². The molecule has 4 aliphatic heterocycles. The Hall–Kier alpha value is -1.95. The van der Waals surface area contributed by atoms with E-state index in [2.05, 4.69) is 15.5 Å². The zero-order chi connectivity index (χ0) is 16.0. The molecule has 5 nitrogen and oxygen atoms in total. The Labute approximate surface area is 141 Å². The third kappa shape index (κ3) is 2.32. The Kier molecular flexibility index (Phi) is 3.56. The average Bonchev–Trinajstić information content (AvgIpc) is 2.61. The van der Waals surface area contributed by atoms with Crippen molar-refractivity contribution in [1.29, 1.82) is 0 Å². The van der Waals surface area contributed by atoms with E-state index in [1.54, 1.807) is 14.2 Å². The van der Waals surface area contributed by atoms with E-state index < -0.39 is 0 Å². The van der Waals surface area contributed by atoms with Crippen molar-refractivity contribution in [2.24, 2.45) is 5.92 Å². The van der Waals surface area contributed by atoms with Gasteiger partial charge < -0.3 is 25.0 Å². The van der Waals surface area contributed by atoms with Crippen molar-refractivity contribution in [2.45, 2.75) is 18.9 Å². The molecule has 1 fully saturated rings. The number of fused-ring (bicyclic) bond motifs is 2. The average molecular weight is 331 g/mol. The summed E-state index contributed by atoms with van der Waals surface area (Å²) in [5.41, 5.74) is 3.67. The molecular formula is C17H21N3O2S. The van der Waals surface area contributed by atoms with Crippen LogP contribution in [0.4, 0.5) is 0 Å². The number of piperidine rings is 1. The molecule has 1 unspecified atom stereocenters. The van der Waals surface area contributed by atoms with E-state index in [0.717, 1.165) is 30.2 Å². The predicted molar refractivity (Wildman–Crippen MR) is 92.5 cm³/mol. The summed E-state index contributed by atoms with van der Waals surface area (Å²) in [4.78, 5) is 2.47. The Bertz CT molecular complexity index is 680. The highest BCUT2D eigenvalue weighted by Crippen LogP contribution is 2.44. The van der Waals surface area contributed by atoms with Gasteiger partial charge in [-0.05, 0) is 43.3 Å². The Morgan fingerprint density at radius 1 is 1.17 bits per heavy atom. The van der Waals surface area contributed by atoms with E-state index >= 15 is 0 Å². The van der Waals surface area contributed by atoms with Crippen molar-refractivity contribution >= 4 is 17.3 Å². The fourth-order valence-corrected chi connectivity index (χ4v) is 4.17. The van der Waals surface area contributed by atoms with E-state index in [9.17, 15) is 0 Å². The fourth-order valence-electron chi connectivity index (χ4n) is 3.94. The second-order valence-electron chi connectivity index (χ2n) is 6.20. The first-order valence-corrected chi connectivity index (χ1v) is 8.40. The maximum absolute atomic E-state index is 5.59. The van der Waals surface area contributed by atoms with Crippen LogP contribution < -0.4 is 20.1 Å². The summed E-state index contributed by atoms with van der Waals surface area (Å²) in [6.07, 6.45) is 2.41. The smallest absolute Gasteiger partial charge is 0.171 e. The van der Waals surface area contributed by atoms with Crippen LogP contribution >= 0.6 is 12.2 Å². The summed E-state index contributed by atoms with van der Waals surface area (Å²) in [5.74, 6) is 2.27. The Balaban J connectivity index is 1.84. The summed E-state index contributed by atoms with van der Waals surface area (Å²) in [5, 5.41) is 7.52. The van der Waals surface area contributed by atoms with Crippen LogP contribution in [-0.4, -0.2) is 37.3 Å². The first-order chi connectivity index (χ1) is 11.2. The summed E-state index contributed by atoms with van der Waals surface area (Å²) in [6.45, 7) is 2.23. The number of nitrogens with one attached hydrogen (secondary N) is 2. The molecule has 4 aliphatic rings. The molecule has 0 saturated carbocycles. The number of nitrogens with zero attached hydrogens (tertiary/aromatic N) is 1. The van der Waals surface area contributed by atoms with Crippen LogP contribution in [0.5, 0.6) is 11.5 Å². The van der Waals surface area contributed by atoms with Crippen LogP contribution in [0.15, 0.2) is 29.6 Å². The molecule has 2 N–H and O–H groups in total. The van der Waals surface area contributed by atoms with Crippen LogP contribution in [0.3, 0.4) is 0 Å². The van der Waals surface area contributed by atoms with Gasteiger partial charge in [-0.1, -0.05) is 0 Å². The molecule has 0 spiro atoms. The third-order valence-electron chi connectivity index (χ3n) is 5.06. The number of benzene rings is 1. The zero-order valence-electron chi connectivity index (χ0n) is 13.4. The first kappa shape index (κ1) is 14.6. The summed E-state index contributed by atoms with van der Waals surface area (Å²) < 4.78 is 11.0. The number of ether oxygens (including phenoxy) is 2. The highest BCUT2D eigenvalue weighted by Gasteiger charge is 2.41. The Morgan fingerprint density at radius 2 is 1.96 bits per heavy atom. The molecule has 122 valence electrons. The quantitative estimate of drug-likeness (QED) is 0.828. The van der Waals surface area contributed by atoms with Gasteiger partial charge in [0.25, 0.3) is 0 Å². The first-order valence-electron chi connectivity index (χ1n) is 7.99. The van der Waals surface area contributed by atoms with Crippen LogP contribution in [0.25, 0.3) is 0 Å². The van der Waals surface area contributed by atoms with Gasteiger partial charge in [-0.3, -0.25) is 0 Å². The minimum Gasteiger partial charge on any atom is -0.497 e. The topological polar surface area (TPSA) is 45.8 Å². The molecule has 0 aromatic heterocycles. The molecular weight excluding hydrogens is 310 g/mol. The van der Waals surface area contributed by atoms with E-state index in [0.29, 0.717) is 11.0 Å². The lowest BCUT2D eigenvalue weighted by Gasteiger charge is -2.49. The molecule has 0 aliphatic carbocycles. The Morgan fingerprint density at radius 3 is 2.65 bits per heavy atom. The fraction of sp³-hybridized carbons (Fsp3) is 0.471. The van der Waals surface area contributed by atoms with Gasteiger partial charge in [-0.15, -0.1) is 0 Å². The van der Waals surface area contributed by atoms with Crippen LogP contribution in [-0.2, 0) is 0 Å². The minimum atomic E-state index is 0.00639. The van der Waals surface area contributed by atoms with E-state index in [4.69, 9.17) is 21.7 Å².